The summed E-state index contributed by atoms with van der Waals surface area (Å²) in [4.78, 5) is 26.1. The molecule has 36 heavy (non-hydrogen) atoms. The number of carbonyl (C=O) groups is 1. The first-order valence-electron chi connectivity index (χ1n) is 10.9. The Hall–Kier alpha value is -4.28. The van der Waals surface area contributed by atoms with Gasteiger partial charge < -0.3 is 9.72 Å². The number of H-pyrrole nitrogens is 1. The molecule has 184 valence electrons. The van der Waals surface area contributed by atoms with Gasteiger partial charge in [-0.2, -0.15) is 4.72 Å². The van der Waals surface area contributed by atoms with Crippen molar-refractivity contribution in [2.45, 2.75) is 17.4 Å². The van der Waals surface area contributed by atoms with Gasteiger partial charge in [0.25, 0.3) is 5.69 Å². The first-order chi connectivity index (χ1) is 17.2. The number of non-ortho nitro benzene ring substituents is 1. The number of fused-ring (bicyclic) bond motifs is 1. The number of ether oxygens (including phenoxy) is 1. The molecule has 9 nitrogen and oxygen atoms in total. The number of esters is 1. The zero-order chi connectivity index (χ0) is 25.9. The van der Waals surface area contributed by atoms with Gasteiger partial charge in [-0.05, 0) is 34.9 Å². The van der Waals surface area contributed by atoms with Crippen molar-refractivity contribution in [3.05, 3.63) is 112 Å². The Balaban J connectivity index is 1.73. The van der Waals surface area contributed by atoms with Crippen molar-refractivity contribution in [2.24, 2.45) is 0 Å². The van der Waals surface area contributed by atoms with Gasteiger partial charge in [0.05, 0.1) is 16.9 Å². The molecule has 0 amide bonds. The second kappa shape index (κ2) is 10.1. The molecule has 0 unspecified atom stereocenters. The van der Waals surface area contributed by atoms with Gasteiger partial charge in [0.15, 0.2) is 0 Å². The molecule has 0 saturated heterocycles. The SMILES string of the molecule is C=C(c1ccccc1)c1[nH]c2ccccc2c1C[C@H](NS(=O)(=O)c1ccc([N+](=O)[O-])cc1)C(=O)OC. The first kappa shape index (κ1) is 24.8. The zero-order valence-electron chi connectivity index (χ0n) is 19.3. The van der Waals surface area contributed by atoms with E-state index in [9.17, 15) is 23.3 Å². The maximum absolute atomic E-state index is 13.1. The second-order valence-corrected chi connectivity index (χ2v) is 9.73. The zero-order valence-corrected chi connectivity index (χ0v) is 20.1. The average molecular weight is 506 g/mol. The molecule has 1 aromatic heterocycles. The summed E-state index contributed by atoms with van der Waals surface area (Å²) in [6.45, 7) is 4.23. The topological polar surface area (TPSA) is 131 Å². The normalized spacial score (nSPS) is 12.2. The fourth-order valence-electron chi connectivity index (χ4n) is 3.98. The van der Waals surface area contributed by atoms with Gasteiger partial charge in [0.2, 0.25) is 10.0 Å². The van der Waals surface area contributed by atoms with E-state index in [1.54, 1.807) is 0 Å². The van der Waals surface area contributed by atoms with Gasteiger partial charge in [-0.15, -0.1) is 0 Å². The fraction of sp³-hybridized carbons (Fsp3) is 0.115. The van der Waals surface area contributed by atoms with Crippen molar-refractivity contribution in [1.82, 2.24) is 9.71 Å². The minimum Gasteiger partial charge on any atom is -0.468 e. The third-order valence-electron chi connectivity index (χ3n) is 5.79. The average Bonchev–Trinajstić information content (AvgIpc) is 3.26. The van der Waals surface area contributed by atoms with Crippen molar-refractivity contribution in [1.29, 1.82) is 0 Å². The number of hydrogen-bond acceptors (Lipinski definition) is 6. The number of carbonyl (C=O) groups excluding carboxylic acids is 1. The molecule has 4 aromatic rings. The second-order valence-electron chi connectivity index (χ2n) is 8.02. The molecule has 0 aliphatic carbocycles. The number of nitro benzene ring substituents is 1. The van der Waals surface area contributed by atoms with Crippen LogP contribution in [0.2, 0.25) is 0 Å². The van der Waals surface area contributed by atoms with Crippen molar-refractivity contribution in [3.8, 4) is 0 Å². The molecule has 4 rings (SSSR count). The lowest BCUT2D eigenvalue weighted by molar-refractivity contribution is -0.384. The van der Waals surface area contributed by atoms with Gasteiger partial charge in [-0.1, -0.05) is 55.1 Å². The van der Waals surface area contributed by atoms with Gasteiger partial charge in [-0.3, -0.25) is 14.9 Å². The largest absolute Gasteiger partial charge is 0.468 e. The molecular formula is C26H23N3O6S. The van der Waals surface area contributed by atoms with E-state index in [1.165, 1.54) is 7.11 Å². The van der Waals surface area contributed by atoms with E-state index in [0.717, 1.165) is 40.7 Å². The van der Waals surface area contributed by atoms with E-state index in [0.29, 0.717) is 16.8 Å². The summed E-state index contributed by atoms with van der Waals surface area (Å²) >= 11 is 0. The summed E-state index contributed by atoms with van der Waals surface area (Å²) < 4.78 is 33.4. The molecule has 10 heteroatoms. The number of sulfonamides is 1. The van der Waals surface area contributed by atoms with Crippen LogP contribution in [0.25, 0.3) is 16.5 Å². The number of nitrogens with one attached hydrogen (secondary N) is 2. The molecule has 2 N–H and O–H groups in total. The number of nitrogens with zero attached hydrogens (tertiary/aromatic N) is 1. The van der Waals surface area contributed by atoms with Crippen LogP contribution in [0.5, 0.6) is 0 Å². The van der Waals surface area contributed by atoms with E-state index < -0.39 is 27.0 Å². The summed E-state index contributed by atoms with van der Waals surface area (Å²) in [5.74, 6) is -0.776. The molecule has 0 radical (unpaired) electrons. The minimum absolute atomic E-state index is 0.0237. The van der Waals surface area contributed by atoms with Crippen molar-refractivity contribution < 1.29 is 22.9 Å². The Bertz CT molecular complexity index is 1540. The molecule has 3 aromatic carbocycles. The summed E-state index contributed by atoms with van der Waals surface area (Å²) in [6.07, 6.45) is -0.0237. The lowest BCUT2D eigenvalue weighted by Gasteiger charge is -2.18. The van der Waals surface area contributed by atoms with Crippen molar-refractivity contribution in [3.63, 3.8) is 0 Å². The molecule has 1 atom stereocenters. The number of para-hydroxylation sites is 1. The summed E-state index contributed by atoms with van der Waals surface area (Å²) in [7, 11) is -3.03. The van der Waals surface area contributed by atoms with E-state index in [4.69, 9.17) is 4.74 Å². The van der Waals surface area contributed by atoms with Crippen LogP contribution in [-0.4, -0.2) is 37.4 Å². The van der Waals surface area contributed by atoms with Gasteiger partial charge in [0, 0.05) is 35.2 Å². The van der Waals surface area contributed by atoms with Gasteiger partial charge in [-0.25, -0.2) is 8.42 Å². The maximum atomic E-state index is 13.1. The Labute approximate surface area is 207 Å². The van der Waals surface area contributed by atoms with E-state index in [1.807, 2.05) is 54.6 Å². The smallest absolute Gasteiger partial charge is 0.324 e. The molecule has 0 aliphatic rings. The van der Waals surface area contributed by atoms with Crippen molar-refractivity contribution in [2.75, 3.05) is 7.11 Å². The predicted octanol–water partition coefficient (Wildman–Crippen LogP) is 4.20. The third-order valence-corrected chi connectivity index (χ3v) is 7.27. The lowest BCUT2D eigenvalue weighted by atomic mass is 9.96. The molecule has 1 heterocycles. The van der Waals surface area contributed by atoms with Crippen LogP contribution in [0, 0.1) is 10.1 Å². The number of benzene rings is 3. The number of nitro groups is 1. The third kappa shape index (κ3) is 5.04. The summed E-state index contributed by atoms with van der Waals surface area (Å²) in [5, 5.41) is 11.7. The van der Waals surface area contributed by atoms with E-state index >= 15 is 0 Å². The molecule has 0 saturated carbocycles. The van der Waals surface area contributed by atoms with Crippen LogP contribution >= 0.6 is 0 Å². The molecule has 0 fully saturated rings. The number of rotatable bonds is 9. The van der Waals surface area contributed by atoms with Crippen LogP contribution in [-0.2, 0) is 26.0 Å². The van der Waals surface area contributed by atoms with E-state index in [-0.39, 0.29) is 17.0 Å². The number of aromatic amines is 1. The Morgan fingerprint density at radius 2 is 1.69 bits per heavy atom. The van der Waals surface area contributed by atoms with Crippen LogP contribution in [0.1, 0.15) is 16.8 Å². The van der Waals surface area contributed by atoms with E-state index in [2.05, 4.69) is 16.3 Å². The minimum atomic E-state index is -4.20. The maximum Gasteiger partial charge on any atom is 0.324 e. The standard InChI is InChI=1S/C26H23N3O6S/c1-17(18-8-4-3-5-9-18)25-22(21-10-6-7-11-23(21)27-25)16-24(26(30)35-2)28-36(33,34)20-14-12-19(13-15-20)29(31)32/h3-15,24,27-28H,1,16H2,2H3/t24-/m0/s1. The highest BCUT2D eigenvalue weighted by Gasteiger charge is 2.29. The molecule has 0 aliphatic heterocycles. The van der Waals surface area contributed by atoms with Gasteiger partial charge in [0.1, 0.15) is 6.04 Å². The molecular weight excluding hydrogens is 482 g/mol. The Kier molecular flexibility index (Phi) is 7.00. The molecule has 0 spiro atoms. The number of aromatic nitrogens is 1. The Morgan fingerprint density at radius 1 is 1.06 bits per heavy atom. The summed E-state index contributed by atoms with van der Waals surface area (Å²) in [6, 6.07) is 20.1. The summed E-state index contributed by atoms with van der Waals surface area (Å²) in [5.41, 5.74) is 3.48. The quantitative estimate of drug-likeness (QED) is 0.199. The number of methoxy groups -OCH3 is 1. The van der Waals surface area contributed by atoms with Crippen LogP contribution in [0.4, 0.5) is 5.69 Å². The van der Waals surface area contributed by atoms with Crippen LogP contribution in [0.3, 0.4) is 0 Å². The van der Waals surface area contributed by atoms with Crippen LogP contribution in [0.15, 0.2) is 90.3 Å². The monoisotopic (exact) mass is 505 g/mol. The lowest BCUT2D eigenvalue weighted by Crippen LogP contribution is -2.43. The first-order valence-corrected chi connectivity index (χ1v) is 12.4. The predicted molar refractivity (Wildman–Crippen MR) is 136 cm³/mol. The van der Waals surface area contributed by atoms with Gasteiger partial charge >= 0.3 is 5.97 Å². The van der Waals surface area contributed by atoms with Crippen LogP contribution < -0.4 is 4.72 Å². The fourth-order valence-corrected chi connectivity index (χ4v) is 5.16. The van der Waals surface area contributed by atoms with Crippen molar-refractivity contribution >= 4 is 38.2 Å². The highest BCUT2D eigenvalue weighted by Crippen LogP contribution is 2.31. The number of hydrogen-bond donors (Lipinski definition) is 2. The highest BCUT2D eigenvalue weighted by molar-refractivity contribution is 7.89. The molecule has 0 bridgehead atoms. The highest BCUT2D eigenvalue weighted by atomic mass is 32.2. The Morgan fingerprint density at radius 3 is 2.33 bits per heavy atom.